The van der Waals surface area contributed by atoms with Crippen LogP contribution in [0.1, 0.15) is 5.56 Å². The first-order valence-electron chi connectivity index (χ1n) is 6.41. The topological polar surface area (TPSA) is 59.9 Å². The SMILES string of the molecule is COc1cccc(-c2csc(Nc3cc(C)ccn3)n2)n1. The Hall–Kier alpha value is -2.47. The van der Waals surface area contributed by atoms with Gasteiger partial charge in [-0.25, -0.2) is 15.0 Å². The van der Waals surface area contributed by atoms with Crippen LogP contribution >= 0.6 is 11.3 Å². The van der Waals surface area contributed by atoms with Crippen LogP contribution in [0.5, 0.6) is 5.88 Å². The van der Waals surface area contributed by atoms with Crippen molar-refractivity contribution in [1.82, 2.24) is 15.0 Å². The Balaban J connectivity index is 1.82. The number of hydrogen-bond acceptors (Lipinski definition) is 6. The third kappa shape index (κ3) is 3.17. The van der Waals surface area contributed by atoms with Crippen molar-refractivity contribution < 1.29 is 4.74 Å². The summed E-state index contributed by atoms with van der Waals surface area (Å²) in [5.74, 6) is 1.37. The minimum absolute atomic E-state index is 0.579. The second-order valence-electron chi connectivity index (χ2n) is 4.45. The molecule has 3 rings (SSSR count). The molecule has 3 aromatic rings. The molecule has 106 valence electrons. The number of pyridine rings is 2. The Labute approximate surface area is 126 Å². The van der Waals surface area contributed by atoms with Gasteiger partial charge in [0.15, 0.2) is 5.13 Å². The number of ether oxygens (including phenoxy) is 1. The lowest BCUT2D eigenvalue weighted by atomic mass is 10.3. The highest BCUT2D eigenvalue weighted by atomic mass is 32.1. The zero-order chi connectivity index (χ0) is 14.7. The van der Waals surface area contributed by atoms with E-state index in [1.807, 2.05) is 42.6 Å². The fraction of sp³-hybridized carbons (Fsp3) is 0.133. The van der Waals surface area contributed by atoms with Gasteiger partial charge in [0.2, 0.25) is 5.88 Å². The monoisotopic (exact) mass is 298 g/mol. The molecule has 0 aliphatic rings. The Morgan fingerprint density at radius 2 is 2.05 bits per heavy atom. The molecular formula is C15H14N4OS. The molecule has 3 heterocycles. The smallest absolute Gasteiger partial charge is 0.213 e. The Morgan fingerprint density at radius 3 is 2.86 bits per heavy atom. The minimum atomic E-state index is 0.579. The van der Waals surface area contributed by atoms with Gasteiger partial charge in [-0.05, 0) is 30.7 Å². The second-order valence-corrected chi connectivity index (χ2v) is 5.30. The van der Waals surface area contributed by atoms with E-state index >= 15 is 0 Å². The van der Waals surface area contributed by atoms with Gasteiger partial charge >= 0.3 is 0 Å². The van der Waals surface area contributed by atoms with E-state index in [9.17, 15) is 0 Å². The van der Waals surface area contributed by atoms with Crippen molar-refractivity contribution in [2.75, 3.05) is 12.4 Å². The number of aryl methyl sites for hydroxylation is 1. The predicted molar refractivity (Wildman–Crippen MR) is 84.2 cm³/mol. The molecule has 0 atom stereocenters. The van der Waals surface area contributed by atoms with Crippen LogP contribution in [0.4, 0.5) is 10.9 Å². The lowest BCUT2D eigenvalue weighted by Crippen LogP contribution is -1.93. The van der Waals surface area contributed by atoms with Crippen molar-refractivity contribution in [3.8, 4) is 17.3 Å². The van der Waals surface area contributed by atoms with E-state index in [0.717, 1.165) is 27.9 Å². The summed E-state index contributed by atoms with van der Waals surface area (Å²) in [6.07, 6.45) is 1.77. The summed E-state index contributed by atoms with van der Waals surface area (Å²) in [7, 11) is 1.60. The van der Waals surface area contributed by atoms with Gasteiger partial charge in [0.05, 0.1) is 12.8 Å². The molecule has 0 aromatic carbocycles. The largest absolute Gasteiger partial charge is 0.481 e. The van der Waals surface area contributed by atoms with E-state index in [0.29, 0.717) is 5.88 Å². The first kappa shape index (κ1) is 13.5. The zero-order valence-corrected chi connectivity index (χ0v) is 12.5. The van der Waals surface area contributed by atoms with Crippen LogP contribution in [-0.2, 0) is 0 Å². The van der Waals surface area contributed by atoms with Gasteiger partial charge in [0.1, 0.15) is 11.5 Å². The first-order valence-corrected chi connectivity index (χ1v) is 7.29. The molecule has 0 unspecified atom stereocenters. The molecular weight excluding hydrogens is 284 g/mol. The number of methoxy groups -OCH3 is 1. The third-order valence-corrected chi connectivity index (χ3v) is 3.61. The third-order valence-electron chi connectivity index (χ3n) is 2.85. The molecule has 0 spiro atoms. The van der Waals surface area contributed by atoms with E-state index in [1.165, 1.54) is 11.3 Å². The molecule has 5 nitrogen and oxygen atoms in total. The van der Waals surface area contributed by atoms with Gasteiger partial charge in [0, 0.05) is 17.6 Å². The van der Waals surface area contributed by atoms with Crippen molar-refractivity contribution >= 4 is 22.3 Å². The lowest BCUT2D eigenvalue weighted by molar-refractivity contribution is 0.398. The number of anilines is 2. The van der Waals surface area contributed by atoms with E-state index in [1.54, 1.807) is 13.3 Å². The van der Waals surface area contributed by atoms with E-state index in [-0.39, 0.29) is 0 Å². The molecule has 21 heavy (non-hydrogen) atoms. The van der Waals surface area contributed by atoms with Crippen molar-refractivity contribution in [3.05, 3.63) is 47.5 Å². The molecule has 0 aliphatic carbocycles. The van der Waals surface area contributed by atoms with Gasteiger partial charge in [-0.3, -0.25) is 0 Å². The molecule has 0 aliphatic heterocycles. The predicted octanol–water partition coefficient (Wildman–Crippen LogP) is 3.66. The highest BCUT2D eigenvalue weighted by Crippen LogP contribution is 2.26. The van der Waals surface area contributed by atoms with E-state index in [2.05, 4.69) is 20.3 Å². The van der Waals surface area contributed by atoms with Crippen LogP contribution in [-0.4, -0.2) is 22.1 Å². The fourth-order valence-corrected chi connectivity index (χ4v) is 2.55. The maximum atomic E-state index is 5.13. The summed E-state index contributed by atoms with van der Waals surface area (Å²) in [5, 5.41) is 5.94. The van der Waals surface area contributed by atoms with Gasteiger partial charge in [-0.1, -0.05) is 6.07 Å². The lowest BCUT2D eigenvalue weighted by Gasteiger charge is -2.02. The molecule has 0 saturated heterocycles. The van der Waals surface area contributed by atoms with Gasteiger partial charge < -0.3 is 10.1 Å². The number of nitrogens with one attached hydrogen (secondary N) is 1. The van der Waals surface area contributed by atoms with Gasteiger partial charge in [0.25, 0.3) is 0 Å². The van der Waals surface area contributed by atoms with Crippen molar-refractivity contribution in [2.24, 2.45) is 0 Å². The summed E-state index contributed by atoms with van der Waals surface area (Å²) < 4.78 is 5.13. The van der Waals surface area contributed by atoms with Gasteiger partial charge in [-0.15, -0.1) is 11.3 Å². The standard InChI is InChI=1S/C15H14N4OS/c1-10-6-7-16-13(8-10)19-15-18-12(9-21-15)11-4-3-5-14(17-11)20-2/h3-9H,1-2H3,(H,16,18,19). The molecule has 0 saturated carbocycles. The summed E-state index contributed by atoms with van der Waals surface area (Å²) in [6.45, 7) is 2.03. The first-order chi connectivity index (χ1) is 10.2. The van der Waals surface area contributed by atoms with E-state index in [4.69, 9.17) is 4.74 Å². The zero-order valence-electron chi connectivity index (χ0n) is 11.7. The quantitative estimate of drug-likeness (QED) is 0.796. The number of rotatable bonds is 4. The number of hydrogen-bond donors (Lipinski definition) is 1. The Bertz CT molecular complexity index is 757. The minimum Gasteiger partial charge on any atom is -0.481 e. The van der Waals surface area contributed by atoms with Crippen molar-refractivity contribution in [1.29, 1.82) is 0 Å². The summed E-state index contributed by atoms with van der Waals surface area (Å²) in [6, 6.07) is 9.55. The van der Waals surface area contributed by atoms with Crippen LogP contribution < -0.4 is 10.1 Å². The molecule has 3 aromatic heterocycles. The van der Waals surface area contributed by atoms with E-state index < -0.39 is 0 Å². The number of thiazole rings is 1. The molecule has 0 fully saturated rings. The molecule has 1 N–H and O–H groups in total. The van der Waals surface area contributed by atoms with Crippen LogP contribution in [0, 0.1) is 6.92 Å². The maximum Gasteiger partial charge on any atom is 0.213 e. The fourth-order valence-electron chi connectivity index (χ4n) is 1.83. The summed E-state index contributed by atoms with van der Waals surface area (Å²) in [5.41, 5.74) is 2.75. The Kier molecular flexibility index (Phi) is 3.79. The molecule has 6 heteroatoms. The van der Waals surface area contributed by atoms with Gasteiger partial charge in [-0.2, -0.15) is 0 Å². The highest BCUT2D eigenvalue weighted by Gasteiger charge is 2.07. The second kappa shape index (κ2) is 5.88. The molecule has 0 radical (unpaired) electrons. The maximum absolute atomic E-state index is 5.13. The average molecular weight is 298 g/mol. The summed E-state index contributed by atoms with van der Waals surface area (Å²) >= 11 is 1.52. The molecule has 0 bridgehead atoms. The number of nitrogens with zero attached hydrogens (tertiary/aromatic N) is 3. The van der Waals surface area contributed by atoms with Crippen LogP contribution in [0.25, 0.3) is 11.4 Å². The van der Waals surface area contributed by atoms with Crippen LogP contribution in [0.15, 0.2) is 41.9 Å². The van der Waals surface area contributed by atoms with Crippen LogP contribution in [0.2, 0.25) is 0 Å². The normalized spacial score (nSPS) is 10.4. The van der Waals surface area contributed by atoms with Crippen molar-refractivity contribution in [2.45, 2.75) is 6.92 Å². The molecule has 0 amide bonds. The van der Waals surface area contributed by atoms with Crippen molar-refractivity contribution in [3.63, 3.8) is 0 Å². The summed E-state index contributed by atoms with van der Waals surface area (Å²) in [4.78, 5) is 13.2. The average Bonchev–Trinajstić information content (AvgIpc) is 2.96. The Morgan fingerprint density at radius 1 is 1.14 bits per heavy atom. The highest BCUT2D eigenvalue weighted by molar-refractivity contribution is 7.14. The van der Waals surface area contributed by atoms with Crippen LogP contribution in [0.3, 0.4) is 0 Å². The number of aromatic nitrogens is 3.